The van der Waals surface area contributed by atoms with Gasteiger partial charge in [0.15, 0.2) is 0 Å². The molecule has 0 saturated heterocycles. The highest BCUT2D eigenvalue weighted by Crippen LogP contribution is 2.31. The second kappa shape index (κ2) is 4.85. The van der Waals surface area contributed by atoms with E-state index >= 15 is 0 Å². The van der Waals surface area contributed by atoms with Gasteiger partial charge >= 0.3 is 5.97 Å². The number of carbonyl (C=O) groups is 1. The molecule has 1 aromatic rings. The summed E-state index contributed by atoms with van der Waals surface area (Å²) in [5, 5.41) is 13.5. The SMILES string of the molecule is CC(C)n1ncnc1CC(C)(C(=O)O)C(C)C. The molecule has 0 fully saturated rings. The Kier molecular flexibility index (Phi) is 3.91. The molecule has 1 aromatic heterocycles. The van der Waals surface area contributed by atoms with Crippen molar-refractivity contribution in [1.82, 2.24) is 14.8 Å². The van der Waals surface area contributed by atoms with Crippen molar-refractivity contribution in [2.75, 3.05) is 0 Å². The quantitative estimate of drug-likeness (QED) is 0.854. The van der Waals surface area contributed by atoms with Crippen molar-refractivity contribution in [2.45, 2.75) is 47.1 Å². The summed E-state index contributed by atoms with van der Waals surface area (Å²) < 4.78 is 1.78. The summed E-state index contributed by atoms with van der Waals surface area (Å²) in [6, 6.07) is 0.192. The van der Waals surface area contributed by atoms with E-state index in [1.54, 1.807) is 11.6 Å². The van der Waals surface area contributed by atoms with Gasteiger partial charge in [0.1, 0.15) is 12.2 Å². The summed E-state index contributed by atoms with van der Waals surface area (Å²) in [5.41, 5.74) is -0.806. The molecule has 0 saturated carbocycles. The maximum atomic E-state index is 11.4. The van der Waals surface area contributed by atoms with Crippen LogP contribution in [-0.2, 0) is 11.2 Å². The third-order valence-corrected chi connectivity index (χ3v) is 3.42. The first kappa shape index (κ1) is 13.7. The highest BCUT2D eigenvalue weighted by Gasteiger charge is 2.38. The molecule has 0 amide bonds. The summed E-state index contributed by atoms with van der Waals surface area (Å²) in [5.74, 6) is -0.0123. The van der Waals surface area contributed by atoms with Crippen LogP contribution < -0.4 is 0 Å². The number of rotatable bonds is 5. The fraction of sp³-hybridized carbons (Fsp3) is 0.750. The molecule has 0 aliphatic heterocycles. The smallest absolute Gasteiger partial charge is 0.310 e. The van der Waals surface area contributed by atoms with E-state index < -0.39 is 11.4 Å². The number of hydrogen-bond acceptors (Lipinski definition) is 3. The molecule has 1 unspecified atom stereocenters. The Labute approximate surface area is 102 Å². The average Bonchev–Trinajstić information content (AvgIpc) is 2.64. The average molecular weight is 239 g/mol. The zero-order valence-corrected chi connectivity index (χ0v) is 11.1. The second-order valence-corrected chi connectivity index (χ2v) is 5.27. The zero-order chi connectivity index (χ0) is 13.2. The molecule has 0 aliphatic carbocycles. The number of carboxylic acids is 1. The van der Waals surface area contributed by atoms with Gasteiger partial charge < -0.3 is 5.11 Å². The van der Waals surface area contributed by atoms with Gasteiger partial charge in [0.05, 0.1) is 5.41 Å². The molecule has 0 bridgehead atoms. The lowest BCUT2D eigenvalue weighted by atomic mass is 9.76. The normalized spacial score (nSPS) is 15.2. The van der Waals surface area contributed by atoms with E-state index in [1.807, 2.05) is 27.7 Å². The van der Waals surface area contributed by atoms with E-state index in [2.05, 4.69) is 10.1 Å². The Morgan fingerprint density at radius 1 is 1.47 bits per heavy atom. The van der Waals surface area contributed by atoms with Crippen molar-refractivity contribution < 1.29 is 9.90 Å². The van der Waals surface area contributed by atoms with Crippen molar-refractivity contribution in [3.63, 3.8) is 0 Å². The minimum absolute atomic E-state index is 0.0392. The van der Waals surface area contributed by atoms with Crippen LogP contribution in [0.1, 0.15) is 46.5 Å². The van der Waals surface area contributed by atoms with Crippen LogP contribution in [0.3, 0.4) is 0 Å². The van der Waals surface area contributed by atoms with Gasteiger partial charge in [-0.3, -0.25) is 4.79 Å². The van der Waals surface area contributed by atoms with E-state index in [0.717, 1.165) is 5.82 Å². The van der Waals surface area contributed by atoms with Gasteiger partial charge in [-0.1, -0.05) is 13.8 Å². The molecule has 5 nitrogen and oxygen atoms in total. The lowest BCUT2D eigenvalue weighted by Crippen LogP contribution is -2.36. The third-order valence-electron chi connectivity index (χ3n) is 3.42. The number of hydrogen-bond donors (Lipinski definition) is 1. The first-order valence-corrected chi connectivity index (χ1v) is 5.90. The lowest BCUT2D eigenvalue weighted by Gasteiger charge is -2.28. The van der Waals surface area contributed by atoms with Crippen LogP contribution in [0.5, 0.6) is 0 Å². The highest BCUT2D eigenvalue weighted by molar-refractivity contribution is 5.74. The molecule has 1 heterocycles. The fourth-order valence-electron chi connectivity index (χ4n) is 1.69. The van der Waals surface area contributed by atoms with Gasteiger partial charge in [-0.05, 0) is 26.7 Å². The van der Waals surface area contributed by atoms with Crippen LogP contribution in [0.4, 0.5) is 0 Å². The summed E-state index contributed by atoms with van der Waals surface area (Å²) in [4.78, 5) is 15.6. The highest BCUT2D eigenvalue weighted by atomic mass is 16.4. The molecule has 5 heteroatoms. The van der Waals surface area contributed by atoms with Crippen molar-refractivity contribution >= 4 is 5.97 Å². The maximum absolute atomic E-state index is 11.4. The maximum Gasteiger partial charge on any atom is 0.310 e. The molecule has 0 aromatic carbocycles. The van der Waals surface area contributed by atoms with E-state index in [9.17, 15) is 9.90 Å². The number of carboxylic acid groups (broad SMARTS) is 1. The topological polar surface area (TPSA) is 68.0 Å². The first-order valence-electron chi connectivity index (χ1n) is 5.90. The Hall–Kier alpha value is -1.39. The minimum Gasteiger partial charge on any atom is -0.481 e. The van der Waals surface area contributed by atoms with Crippen LogP contribution in [0.25, 0.3) is 0 Å². The van der Waals surface area contributed by atoms with E-state index in [0.29, 0.717) is 6.42 Å². The molecule has 0 radical (unpaired) electrons. The predicted molar refractivity (Wildman–Crippen MR) is 64.7 cm³/mol. The van der Waals surface area contributed by atoms with Crippen LogP contribution in [0, 0.1) is 11.3 Å². The molecule has 0 aliphatic rings. The summed E-state index contributed by atoms with van der Waals surface area (Å²) in [6.45, 7) is 9.62. The van der Waals surface area contributed by atoms with Gasteiger partial charge in [-0.25, -0.2) is 9.67 Å². The Bertz CT molecular complexity index is 398. The molecule has 0 spiro atoms. The summed E-state index contributed by atoms with van der Waals surface area (Å²) >= 11 is 0. The van der Waals surface area contributed by atoms with E-state index in [-0.39, 0.29) is 12.0 Å². The third kappa shape index (κ3) is 2.65. The van der Waals surface area contributed by atoms with Crippen LogP contribution in [0.15, 0.2) is 6.33 Å². The van der Waals surface area contributed by atoms with Gasteiger partial charge in [0.2, 0.25) is 0 Å². The standard InChI is InChI=1S/C12H21N3O2/c1-8(2)12(5,11(16)17)6-10-13-7-14-15(10)9(3)4/h7-9H,6H2,1-5H3,(H,16,17). The molecule has 17 heavy (non-hydrogen) atoms. The molecule has 1 atom stereocenters. The van der Waals surface area contributed by atoms with Crippen molar-refractivity contribution in [1.29, 1.82) is 0 Å². The fourth-order valence-corrected chi connectivity index (χ4v) is 1.69. The lowest BCUT2D eigenvalue weighted by molar-refractivity contribution is -0.150. The van der Waals surface area contributed by atoms with Gasteiger partial charge in [0.25, 0.3) is 0 Å². The van der Waals surface area contributed by atoms with Gasteiger partial charge in [0, 0.05) is 12.5 Å². The monoisotopic (exact) mass is 239 g/mol. The number of nitrogens with zero attached hydrogens (tertiary/aromatic N) is 3. The van der Waals surface area contributed by atoms with Gasteiger partial charge in [-0.15, -0.1) is 0 Å². The first-order chi connectivity index (χ1) is 7.79. The van der Waals surface area contributed by atoms with Gasteiger partial charge in [-0.2, -0.15) is 5.10 Å². The predicted octanol–water partition coefficient (Wildman–Crippen LogP) is 2.15. The largest absolute Gasteiger partial charge is 0.481 e. The van der Waals surface area contributed by atoms with Crippen molar-refractivity contribution in [3.05, 3.63) is 12.2 Å². The van der Waals surface area contributed by atoms with Crippen LogP contribution >= 0.6 is 0 Å². The Morgan fingerprint density at radius 2 is 2.06 bits per heavy atom. The Balaban J connectivity index is 3.03. The zero-order valence-electron chi connectivity index (χ0n) is 11.1. The van der Waals surface area contributed by atoms with E-state index in [1.165, 1.54) is 6.33 Å². The molecular weight excluding hydrogens is 218 g/mol. The minimum atomic E-state index is -0.806. The van der Waals surface area contributed by atoms with Crippen molar-refractivity contribution in [2.24, 2.45) is 11.3 Å². The molecule has 1 rings (SSSR count). The number of aliphatic carboxylic acids is 1. The Morgan fingerprint density at radius 3 is 2.47 bits per heavy atom. The number of aromatic nitrogens is 3. The van der Waals surface area contributed by atoms with E-state index in [4.69, 9.17) is 0 Å². The van der Waals surface area contributed by atoms with Crippen molar-refractivity contribution in [3.8, 4) is 0 Å². The summed E-state index contributed by atoms with van der Waals surface area (Å²) in [6.07, 6.45) is 1.89. The second-order valence-electron chi connectivity index (χ2n) is 5.27. The molecular formula is C12H21N3O2. The molecule has 96 valence electrons. The molecule has 1 N–H and O–H groups in total. The summed E-state index contributed by atoms with van der Waals surface area (Å²) in [7, 11) is 0. The van der Waals surface area contributed by atoms with Crippen LogP contribution in [0.2, 0.25) is 0 Å². The van der Waals surface area contributed by atoms with Crippen LogP contribution in [-0.4, -0.2) is 25.8 Å².